The summed E-state index contributed by atoms with van der Waals surface area (Å²) in [5, 5.41) is 4.48. The number of likely N-dealkylation sites (tertiary alicyclic amines) is 1. The van der Waals surface area contributed by atoms with Crippen LogP contribution < -0.4 is 19.5 Å². The van der Waals surface area contributed by atoms with Gasteiger partial charge in [-0.25, -0.2) is 9.97 Å². The maximum atomic E-state index is 5.78. The van der Waals surface area contributed by atoms with Crippen LogP contribution >= 0.6 is 0 Å². The smallest absolute Gasteiger partial charge is 0.205 e. The summed E-state index contributed by atoms with van der Waals surface area (Å²) in [5.74, 6) is 2.49. The number of ether oxygens (including phenoxy) is 4. The summed E-state index contributed by atoms with van der Waals surface area (Å²) in [6.07, 6.45) is 6.51. The molecule has 0 saturated carbocycles. The molecule has 0 radical (unpaired) electrons. The lowest BCUT2D eigenvalue weighted by molar-refractivity contribution is 0.0654. The molecule has 29 heavy (non-hydrogen) atoms. The highest BCUT2D eigenvalue weighted by atomic mass is 16.5. The number of anilines is 1. The Morgan fingerprint density at radius 3 is 2.52 bits per heavy atom. The van der Waals surface area contributed by atoms with Crippen LogP contribution in [0.25, 0.3) is 10.9 Å². The maximum Gasteiger partial charge on any atom is 0.205 e. The van der Waals surface area contributed by atoms with Gasteiger partial charge in [-0.3, -0.25) is 0 Å². The van der Waals surface area contributed by atoms with Crippen LogP contribution in [-0.2, 0) is 4.74 Å². The molecule has 8 nitrogen and oxygen atoms in total. The van der Waals surface area contributed by atoms with Gasteiger partial charge in [0, 0.05) is 32.3 Å². The average Bonchev–Trinajstić information content (AvgIpc) is 3.27. The molecule has 2 aliphatic heterocycles. The van der Waals surface area contributed by atoms with Crippen molar-refractivity contribution in [2.75, 3.05) is 52.9 Å². The van der Waals surface area contributed by atoms with E-state index in [1.54, 1.807) is 27.7 Å². The first-order valence-electron chi connectivity index (χ1n) is 10.3. The first kappa shape index (κ1) is 20.0. The van der Waals surface area contributed by atoms with Gasteiger partial charge in [-0.2, -0.15) is 0 Å². The molecule has 1 N–H and O–H groups in total. The first-order chi connectivity index (χ1) is 14.2. The normalized spacial score (nSPS) is 20.7. The minimum absolute atomic E-state index is 0.368. The fourth-order valence-corrected chi connectivity index (χ4v) is 4.31. The molecule has 8 heteroatoms. The van der Waals surface area contributed by atoms with E-state index in [1.165, 1.54) is 12.8 Å². The van der Waals surface area contributed by atoms with Crippen LogP contribution in [0.2, 0.25) is 0 Å². The second-order valence-corrected chi connectivity index (χ2v) is 7.62. The number of methoxy groups -OCH3 is 3. The highest BCUT2D eigenvalue weighted by molar-refractivity contribution is 5.96. The van der Waals surface area contributed by atoms with E-state index < -0.39 is 0 Å². The van der Waals surface area contributed by atoms with Crippen molar-refractivity contribution in [3.63, 3.8) is 0 Å². The number of aromatic nitrogens is 2. The molecule has 3 heterocycles. The number of piperidine rings is 1. The van der Waals surface area contributed by atoms with Crippen molar-refractivity contribution in [2.24, 2.45) is 0 Å². The molecular formula is C21H30N4O4. The third-order valence-electron chi connectivity index (χ3n) is 5.85. The van der Waals surface area contributed by atoms with Crippen molar-refractivity contribution in [3.05, 3.63) is 12.4 Å². The first-order valence-corrected chi connectivity index (χ1v) is 10.3. The Morgan fingerprint density at radius 2 is 1.86 bits per heavy atom. The fraction of sp³-hybridized carbons (Fsp3) is 0.619. The molecule has 2 aromatic rings. The number of benzene rings is 1. The van der Waals surface area contributed by atoms with Gasteiger partial charge in [0.15, 0.2) is 11.5 Å². The predicted octanol–water partition coefficient (Wildman–Crippen LogP) is 2.71. The molecule has 0 aliphatic carbocycles. The maximum absolute atomic E-state index is 5.78. The Morgan fingerprint density at radius 1 is 1.07 bits per heavy atom. The van der Waals surface area contributed by atoms with E-state index >= 15 is 0 Å². The summed E-state index contributed by atoms with van der Waals surface area (Å²) in [6, 6.07) is 2.28. The molecule has 1 aromatic carbocycles. The SMILES string of the molecule is COc1cc2c(NC3CCN(CC4CCCO4)CC3)ncnc2c(OC)c1OC. The van der Waals surface area contributed by atoms with Crippen molar-refractivity contribution in [3.8, 4) is 17.2 Å². The molecular weight excluding hydrogens is 372 g/mol. The Hall–Kier alpha value is -2.32. The number of hydrogen-bond acceptors (Lipinski definition) is 8. The zero-order chi connectivity index (χ0) is 20.2. The molecule has 4 rings (SSSR count). The molecule has 2 aliphatic rings. The van der Waals surface area contributed by atoms with Crippen LogP contribution in [0.15, 0.2) is 12.4 Å². The number of nitrogens with one attached hydrogen (secondary N) is 1. The number of rotatable bonds is 7. The molecule has 0 amide bonds. The summed E-state index contributed by atoms with van der Waals surface area (Å²) >= 11 is 0. The van der Waals surface area contributed by atoms with Crippen molar-refractivity contribution in [1.82, 2.24) is 14.9 Å². The second kappa shape index (κ2) is 9.00. The van der Waals surface area contributed by atoms with Gasteiger partial charge in [0.25, 0.3) is 0 Å². The zero-order valence-electron chi connectivity index (χ0n) is 17.4. The third kappa shape index (κ3) is 4.18. The lowest BCUT2D eigenvalue weighted by Crippen LogP contribution is -2.42. The van der Waals surface area contributed by atoms with E-state index in [2.05, 4.69) is 20.2 Å². The van der Waals surface area contributed by atoms with Crippen LogP contribution in [0.4, 0.5) is 5.82 Å². The van der Waals surface area contributed by atoms with Crippen molar-refractivity contribution in [2.45, 2.75) is 37.8 Å². The Bertz CT molecular complexity index is 833. The largest absolute Gasteiger partial charge is 0.493 e. The standard InChI is InChI=1S/C21H30N4O4/c1-26-17-11-16-18(20(28-3)19(17)27-2)22-13-23-21(16)24-14-6-8-25(9-7-14)12-15-5-4-10-29-15/h11,13-15H,4-10,12H2,1-3H3,(H,22,23,24). The topological polar surface area (TPSA) is 78.0 Å². The number of nitrogens with zero attached hydrogens (tertiary/aromatic N) is 3. The van der Waals surface area contributed by atoms with Gasteiger partial charge in [-0.15, -0.1) is 0 Å². The summed E-state index contributed by atoms with van der Waals surface area (Å²) in [4.78, 5) is 11.4. The summed E-state index contributed by atoms with van der Waals surface area (Å²) in [7, 11) is 4.82. The minimum Gasteiger partial charge on any atom is -0.493 e. The van der Waals surface area contributed by atoms with Gasteiger partial charge in [0.1, 0.15) is 17.7 Å². The van der Waals surface area contributed by atoms with Crippen molar-refractivity contribution >= 4 is 16.7 Å². The Labute approximate surface area is 171 Å². The molecule has 158 valence electrons. The highest BCUT2D eigenvalue weighted by Crippen LogP contribution is 2.43. The van der Waals surface area contributed by atoms with Crippen molar-refractivity contribution < 1.29 is 18.9 Å². The van der Waals surface area contributed by atoms with E-state index in [1.807, 2.05) is 6.07 Å². The minimum atomic E-state index is 0.368. The lowest BCUT2D eigenvalue weighted by Gasteiger charge is -2.34. The van der Waals surface area contributed by atoms with E-state index in [9.17, 15) is 0 Å². The van der Waals surface area contributed by atoms with E-state index in [4.69, 9.17) is 18.9 Å². The summed E-state index contributed by atoms with van der Waals surface area (Å²) < 4.78 is 22.3. The molecule has 0 spiro atoms. The predicted molar refractivity (Wildman–Crippen MR) is 111 cm³/mol. The van der Waals surface area contributed by atoms with E-state index in [-0.39, 0.29) is 0 Å². The van der Waals surface area contributed by atoms with E-state index in [0.29, 0.717) is 34.9 Å². The van der Waals surface area contributed by atoms with Gasteiger partial charge >= 0.3 is 0 Å². The van der Waals surface area contributed by atoms with Gasteiger partial charge in [0.2, 0.25) is 5.75 Å². The lowest BCUT2D eigenvalue weighted by atomic mass is 10.0. The molecule has 1 unspecified atom stereocenters. The zero-order valence-corrected chi connectivity index (χ0v) is 17.4. The quantitative estimate of drug-likeness (QED) is 0.758. The highest BCUT2D eigenvalue weighted by Gasteiger charge is 2.25. The van der Waals surface area contributed by atoms with Crippen molar-refractivity contribution in [1.29, 1.82) is 0 Å². The number of hydrogen-bond donors (Lipinski definition) is 1. The molecule has 1 atom stereocenters. The molecule has 0 bridgehead atoms. The molecule has 2 fully saturated rings. The molecule has 1 aromatic heterocycles. The van der Waals surface area contributed by atoms with E-state index in [0.717, 1.165) is 50.3 Å². The van der Waals surface area contributed by atoms with Gasteiger partial charge in [-0.1, -0.05) is 0 Å². The monoisotopic (exact) mass is 402 g/mol. The van der Waals surface area contributed by atoms with Crippen LogP contribution in [0.1, 0.15) is 25.7 Å². The average molecular weight is 402 g/mol. The summed E-state index contributed by atoms with van der Waals surface area (Å²) in [5.41, 5.74) is 0.707. The van der Waals surface area contributed by atoms with Gasteiger partial charge in [-0.05, 0) is 31.7 Å². The second-order valence-electron chi connectivity index (χ2n) is 7.62. The van der Waals surface area contributed by atoms with Crippen LogP contribution in [0, 0.1) is 0 Å². The summed E-state index contributed by atoms with van der Waals surface area (Å²) in [6.45, 7) is 4.11. The van der Waals surface area contributed by atoms with Crippen LogP contribution in [-0.4, -0.2) is 74.6 Å². The van der Waals surface area contributed by atoms with Crippen LogP contribution in [0.3, 0.4) is 0 Å². The van der Waals surface area contributed by atoms with Gasteiger partial charge < -0.3 is 29.2 Å². The Balaban J connectivity index is 1.49. The number of fused-ring (bicyclic) bond motifs is 1. The molecule has 2 saturated heterocycles. The fourth-order valence-electron chi connectivity index (χ4n) is 4.31. The van der Waals surface area contributed by atoms with Gasteiger partial charge in [0.05, 0.1) is 32.8 Å². The third-order valence-corrected chi connectivity index (χ3v) is 5.85. The van der Waals surface area contributed by atoms with Crippen LogP contribution in [0.5, 0.6) is 17.2 Å². The Kier molecular flexibility index (Phi) is 6.20.